The highest BCUT2D eigenvalue weighted by Gasteiger charge is 2.27. The molecule has 180 valence electrons. The number of methoxy groups -OCH3 is 1. The summed E-state index contributed by atoms with van der Waals surface area (Å²) in [6, 6.07) is 13.8. The predicted molar refractivity (Wildman–Crippen MR) is 138 cm³/mol. The Morgan fingerprint density at radius 1 is 1.06 bits per heavy atom. The highest BCUT2D eigenvalue weighted by molar-refractivity contribution is 7.19. The summed E-state index contributed by atoms with van der Waals surface area (Å²) in [5.74, 6) is -0.424. The van der Waals surface area contributed by atoms with Gasteiger partial charge in [-0.3, -0.25) is 14.4 Å². The molecule has 0 atom stereocenters. The standard InChI is InChI=1S/C26H26N4O4S/c1-5-7-18-14-21(31)30-22(24(32)27-17-10-12-19(34-4)13-11-17)23(35-26(30)28-18)25(33)29-20-9-6-8-15(2)16(20)3/h6,8-14H,5,7H2,1-4H3,(H,27,32)(H,29,33). The summed E-state index contributed by atoms with van der Waals surface area (Å²) in [5.41, 5.74) is 3.26. The number of hydrogen-bond donors (Lipinski definition) is 2. The first-order chi connectivity index (χ1) is 16.8. The predicted octanol–water partition coefficient (Wildman–Crippen LogP) is 4.84. The van der Waals surface area contributed by atoms with E-state index in [0.29, 0.717) is 34.2 Å². The largest absolute Gasteiger partial charge is 0.497 e. The second-order valence-corrected chi connectivity index (χ2v) is 9.10. The van der Waals surface area contributed by atoms with E-state index in [4.69, 9.17) is 4.74 Å². The molecule has 0 aliphatic rings. The molecular formula is C26H26N4O4S. The zero-order valence-electron chi connectivity index (χ0n) is 20.0. The highest BCUT2D eigenvalue weighted by Crippen LogP contribution is 2.26. The summed E-state index contributed by atoms with van der Waals surface area (Å²) in [5, 5.41) is 5.67. The van der Waals surface area contributed by atoms with E-state index >= 15 is 0 Å². The van der Waals surface area contributed by atoms with Gasteiger partial charge in [0.15, 0.2) is 4.96 Å². The van der Waals surface area contributed by atoms with E-state index < -0.39 is 17.4 Å². The van der Waals surface area contributed by atoms with Crippen LogP contribution in [0.25, 0.3) is 4.96 Å². The molecule has 0 fully saturated rings. The lowest BCUT2D eigenvalue weighted by molar-refractivity contribution is 0.0989. The van der Waals surface area contributed by atoms with Crippen LogP contribution in [0.4, 0.5) is 11.4 Å². The van der Waals surface area contributed by atoms with E-state index in [1.165, 1.54) is 10.5 Å². The van der Waals surface area contributed by atoms with Gasteiger partial charge in [-0.15, -0.1) is 0 Å². The smallest absolute Gasteiger partial charge is 0.274 e. The van der Waals surface area contributed by atoms with Gasteiger partial charge >= 0.3 is 0 Å². The number of rotatable bonds is 7. The first kappa shape index (κ1) is 24.2. The molecule has 4 rings (SSSR count). The Labute approximate surface area is 206 Å². The summed E-state index contributed by atoms with van der Waals surface area (Å²) in [7, 11) is 1.55. The summed E-state index contributed by atoms with van der Waals surface area (Å²) >= 11 is 1.02. The van der Waals surface area contributed by atoms with Crippen LogP contribution >= 0.6 is 11.3 Å². The van der Waals surface area contributed by atoms with Gasteiger partial charge < -0.3 is 15.4 Å². The third-order valence-electron chi connectivity index (χ3n) is 5.70. The van der Waals surface area contributed by atoms with Gasteiger partial charge in [0.2, 0.25) is 0 Å². The second-order valence-electron chi connectivity index (χ2n) is 8.12. The Morgan fingerprint density at radius 3 is 2.49 bits per heavy atom. The van der Waals surface area contributed by atoms with Crippen molar-refractivity contribution < 1.29 is 14.3 Å². The van der Waals surface area contributed by atoms with Crippen LogP contribution in [0, 0.1) is 13.8 Å². The van der Waals surface area contributed by atoms with Crippen LogP contribution in [0.2, 0.25) is 0 Å². The van der Waals surface area contributed by atoms with Gasteiger partial charge in [-0.05, 0) is 61.7 Å². The minimum absolute atomic E-state index is 0.0517. The number of nitrogens with one attached hydrogen (secondary N) is 2. The molecule has 2 N–H and O–H groups in total. The van der Waals surface area contributed by atoms with Gasteiger partial charge in [-0.25, -0.2) is 9.38 Å². The fraction of sp³-hybridized carbons (Fsp3) is 0.231. The van der Waals surface area contributed by atoms with Crippen molar-refractivity contribution in [2.75, 3.05) is 17.7 Å². The number of benzene rings is 2. The molecule has 35 heavy (non-hydrogen) atoms. The number of fused-ring (bicyclic) bond motifs is 1. The van der Waals surface area contributed by atoms with E-state index in [9.17, 15) is 14.4 Å². The van der Waals surface area contributed by atoms with Crippen LogP contribution in [-0.4, -0.2) is 28.3 Å². The molecule has 0 bridgehead atoms. The fourth-order valence-electron chi connectivity index (χ4n) is 3.69. The number of carbonyl (C=O) groups is 2. The average molecular weight is 491 g/mol. The Kier molecular flexibility index (Phi) is 6.97. The van der Waals surface area contributed by atoms with Crippen molar-refractivity contribution in [2.24, 2.45) is 0 Å². The Morgan fingerprint density at radius 2 is 1.80 bits per heavy atom. The summed E-state index contributed by atoms with van der Waals surface area (Å²) in [6.45, 7) is 5.86. The maximum absolute atomic E-state index is 13.4. The Hall–Kier alpha value is -3.98. The molecule has 2 amide bonds. The monoisotopic (exact) mass is 490 g/mol. The first-order valence-corrected chi connectivity index (χ1v) is 12.0. The fourth-order valence-corrected chi connectivity index (χ4v) is 4.74. The van der Waals surface area contributed by atoms with Crippen LogP contribution in [0.15, 0.2) is 53.3 Å². The molecule has 4 aromatic rings. The van der Waals surface area contributed by atoms with Gasteiger partial charge in [0, 0.05) is 23.1 Å². The number of amides is 2. The van der Waals surface area contributed by atoms with Crippen molar-refractivity contribution in [1.82, 2.24) is 9.38 Å². The molecule has 0 aliphatic heterocycles. The maximum Gasteiger partial charge on any atom is 0.274 e. The van der Waals surface area contributed by atoms with Crippen LogP contribution in [-0.2, 0) is 6.42 Å². The lowest BCUT2D eigenvalue weighted by atomic mass is 10.1. The zero-order valence-corrected chi connectivity index (χ0v) is 20.8. The molecule has 0 saturated heterocycles. The maximum atomic E-state index is 13.4. The van der Waals surface area contributed by atoms with Gasteiger partial charge in [0.1, 0.15) is 16.3 Å². The van der Waals surface area contributed by atoms with Gasteiger partial charge in [-0.1, -0.05) is 36.8 Å². The molecule has 2 aromatic carbocycles. The number of aryl methyl sites for hydroxylation is 2. The van der Waals surface area contributed by atoms with Gasteiger partial charge in [0.25, 0.3) is 17.4 Å². The first-order valence-electron chi connectivity index (χ1n) is 11.2. The van der Waals surface area contributed by atoms with Crippen molar-refractivity contribution in [2.45, 2.75) is 33.6 Å². The molecule has 0 aliphatic carbocycles. The summed E-state index contributed by atoms with van der Waals surface area (Å²) in [6.07, 6.45) is 1.44. The van der Waals surface area contributed by atoms with Gasteiger partial charge in [-0.2, -0.15) is 0 Å². The number of ether oxygens (including phenoxy) is 1. The minimum atomic E-state index is -0.584. The van der Waals surface area contributed by atoms with Gasteiger partial charge in [0.05, 0.1) is 7.11 Å². The quantitative estimate of drug-likeness (QED) is 0.386. The number of nitrogens with zero attached hydrogens (tertiary/aromatic N) is 2. The molecule has 9 heteroatoms. The van der Waals surface area contributed by atoms with E-state index in [-0.39, 0.29) is 10.6 Å². The van der Waals surface area contributed by atoms with E-state index in [0.717, 1.165) is 28.9 Å². The van der Waals surface area contributed by atoms with Crippen LogP contribution in [0.5, 0.6) is 5.75 Å². The number of anilines is 2. The highest BCUT2D eigenvalue weighted by atomic mass is 32.1. The van der Waals surface area contributed by atoms with Crippen molar-refractivity contribution in [3.8, 4) is 5.75 Å². The van der Waals surface area contributed by atoms with E-state index in [1.807, 2.05) is 32.9 Å². The second kappa shape index (κ2) is 10.1. The normalized spacial score (nSPS) is 10.9. The van der Waals surface area contributed by atoms with Crippen molar-refractivity contribution >= 4 is 39.5 Å². The van der Waals surface area contributed by atoms with Crippen LogP contribution < -0.4 is 20.9 Å². The molecule has 0 unspecified atom stereocenters. The number of aromatic nitrogens is 2. The molecule has 0 radical (unpaired) electrons. The number of carbonyl (C=O) groups excluding carboxylic acids is 2. The lowest BCUT2D eigenvalue weighted by Crippen LogP contribution is -2.25. The molecule has 2 aromatic heterocycles. The topological polar surface area (TPSA) is 102 Å². The van der Waals surface area contributed by atoms with Crippen LogP contribution in [0.1, 0.15) is 50.3 Å². The number of hydrogen-bond acceptors (Lipinski definition) is 6. The Bertz CT molecular complexity index is 1470. The van der Waals surface area contributed by atoms with Crippen molar-refractivity contribution in [1.29, 1.82) is 0 Å². The zero-order chi connectivity index (χ0) is 25.1. The third-order valence-corrected chi connectivity index (χ3v) is 6.74. The lowest BCUT2D eigenvalue weighted by Gasteiger charge is -2.11. The average Bonchev–Trinajstić information content (AvgIpc) is 3.23. The number of thiazole rings is 1. The SMILES string of the molecule is CCCc1cc(=O)n2c(C(=O)Nc3ccc(OC)cc3)c(C(=O)Nc3cccc(C)c3C)sc2n1. The molecule has 2 heterocycles. The molecule has 0 saturated carbocycles. The van der Waals surface area contributed by atoms with E-state index in [2.05, 4.69) is 15.6 Å². The molecular weight excluding hydrogens is 464 g/mol. The van der Waals surface area contributed by atoms with Crippen molar-refractivity contribution in [3.63, 3.8) is 0 Å². The summed E-state index contributed by atoms with van der Waals surface area (Å²) in [4.78, 5) is 44.8. The third kappa shape index (κ3) is 4.95. The molecule has 8 nitrogen and oxygen atoms in total. The minimum Gasteiger partial charge on any atom is -0.497 e. The molecule has 0 spiro atoms. The van der Waals surface area contributed by atoms with Crippen LogP contribution in [0.3, 0.4) is 0 Å². The summed E-state index contributed by atoms with van der Waals surface area (Å²) < 4.78 is 6.37. The van der Waals surface area contributed by atoms with E-state index in [1.54, 1.807) is 37.4 Å². The van der Waals surface area contributed by atoms with Crippen molar-refractivity contribution in [3.05, 3.63) is 86.3 Å². The Balaban J connectivity index is 1.80.